The van der Waals surface area contributed by atoms with E-state index in [2.05, 4.69) is 9.97 Å². The van der Waals surface area contributed by atoms with Crippen LogP contribution in [0.1, 0.15) is 25.7 Å². The number of carboxylic acid groups (broad SMARTS) is 2. The summed E-state index contributed by atoms with van der Waals surface area (Å²) in [6.45, 7) is 0. The van der Waals surface area contributed by atoms with E-state index in [-0.39, 0.29) is 28.9 Å². The van der Waals surface area contributed by atoms with E-state index < -0.39 is 11.9 Å². The number of aromatic nitrogens is 2. The van der Waals surface area contributed by atoms with E-state index >= 15 is 0 Å². The third kappa shape index (κ3) is 6.64. The van der Waals surface area contributed by atoms with Crippen LogP contribution in [-0.2, 0) is 26.7 Å². The van der Waals surface area contributed by atoms with Gasteiger partial charge in [-0.25, -0.2) is 0 Å². The van der Waals surface area contributed by atoms with E-state index in [0.717, 1.165) is 0 Å². The molecular weight excluding hydrogens is 372 g/mol. The molecule has 0 amide bonds. The molecule has 0 bridgehead atoms. The molecule has 2 aromatic heterocycles. The van der Waals surface area contributed by atoms with Crippen LogP contribution >= 0.6 is 0 Å². The van der Waals surface area contributed by atoms with E-state index in [4.69, 9.17) is 10.2 Å². The summed E-state index contributed by atoms with van der Waals surface area (Å²) in [4.78, 5) is 28.9. The molecule has 3 rings (SSSR count). The monoisotopic (exact) mass is 391 g/mol. The molecule has 2 aromatic rings. The Hall–Kier alpha value is -2.24. The number of hydrogen-bond acceptors (Lipinski definition) is 4. The molecule has 2 N–H and O–H groups in total. The Morgan fingerprint density at radius 2 is 1.00 bits per heavy atom. The minimum atomic E-state index is -0.793. The van der Waals surface area contributed by atoms with Crippen LogP contribution in [0.2, 0.25) is 0 Å². The van der Waals surface area contributed by atoms with Crippen molar-refractivity contribution < 1.29 is 36.9 Å². The van der Waals surface area contributed by atoms with Crippen molar-refractivity contribution in [2.24, 2.45) is 11.8 Å². The van der Waals surface area contributed by atoms with Gasteiger partial charge in [0.1, 0.15) is 0 Å². The fourth-order valence-corrected chi connectivity index (χ4v) is 2.68. The molecule has 1 aliphatic rings. The van der Waals surface area contributed by atoms with Gasteiger partial charge < -0.3 is 10.2 Å². The minimum absolute atomic E-state index is 0. The van der Waals surface area contributed by atoms with Crippen molar-refractivity contribution >= 4 is 11.9 Å². The van der Waals surface area contributed by atoms with Gasteiger partial charge in [0, 0.05) is 41.9 Å². The molecule has 1 fully saturated rings. The summed E-state index contributed by atoms with van der Waals surface area (Å²) in [5.74, 6) is -2.22. The molecule has 0 saturated heterocycles. The smallest absolute Gasteiger partial charge is 0.306 e. The SMILES string of the molecule is O=C(O)C1CCC(C(=O)O)CC1.[Cu].c1cc(-c2ccncc2)ccn1. The maximum Gasteiger partial charge on any atom is 0.306 e. The van der Waals surface area contributed by atoms with Crippen molar-refractivity contribution in [3.05, 3.63) is 49.1 Å². The van der Waals surface area contributed by atoms with Crippen molar-refractivity contribution in [1.82, 2.24) is 9.97 Å². The Kier molecular flexibility index (Phi) is 8.81. The van der Waals surface area contributed by atoms with E-state index in [0.29, 0.717) is 25.7 Å². The third-order valence-electron chi connectivity index (χ3n) is 4.12. The van der Waals surface area contributed by atoms with E-state index in [9.17, 15) is 9.59 Å². The largest absolute Gasteiger partial charge is 0.481 e. The van der Waals surface area contributed by atoms with E-state index in [1.54, 1.807) is 24.8 Å². The number of rotatable bonds is 3. The first-order valence-electron chi connectivity index (χ1n) is 7.84. The van der Waals surface area contributed by atoms with Crippen molar-refractivity contribution in [2.45, 2.75) is 25.7 Å². The Morgan fingerprint density at radius 3 is 1.24 bits per heavy atom. The molecule has 6 nitrogen and oxygen atoms in total. The van der Waals surface area contributed by atoms with Crippen LogP contribution in [0.5, 0.6) is 0 Å². The van der Waals surface area contributed by atoms with Crippen molar-refractivity contribution in [3.8, 4) is 11.1 Å². The molecule has 1 radical (unpaired) electrons. The molecule has 0 spiro atoms. The number of hydrogen-bond donors (Lipinski definition) is 2. The Bertz CT molecular complexity index is 600. The summed E-state index contributed by atoms with van der Waals surface area (Å²) >= 11 is 0. The van der Waals surface area contributed by atoms with Crippen LogP contribution in [-0.4, -0.2) is 32.1 Å². The van der Waals surface area contributed by atoms with Gasteiger partial charge in [0.15, 0.2) is 0 Å². The summed E-state index contributed by atoms with van der Waals surface area (Å²) in [6.07, 6.45) is 9.17. The zero-order valence-electron chi connectivity index (χ0n) is 13.5. The van der Waals surface area contributed by atoms with Gasteiger partial charge in [0.05, 0.1) is 11.8 Å². The average Bonchev–Trinajstić information content (AvgIpc) is 2.64. The Labute approximate surface area is 156 Å². The number of aliphatic carboxylic acids is 2. The molecular formula is C18H20CuN2O4. The molecule has 25 heavy (non-hydrogen) atoms. The molecule has 1 saturated carbocycles. The van der Waals surface area contributed by atoms with Crippen molar-refractivity contribution in [3.63, 3.8) is 0 Å². The second-order valence-corrected chi connectivity index (χ2v) is 5.70. The molecule has 2 heterocycles. The predicted molar refractivity (Wildman–Crippen MR) is 88.2 cm³/mol. The van der Waals surface area contributed by atoms with Gasteiger partial charge in [-0.3, -0.25) is 19.6 Å². The summed E-state index contributed by atoms with van der Waals surface area (Å²) in [7, 11) is 0. The summed E-state index contributed by atoms with van der Waals surface area (Å²) in [5, 5.41) is 17.2. The quantitative estimate of drug-likeness (QED) is 0.779. The summed E-state index contributed by atoms with van der Waals surface area (Å²) in [5.41, 5.74) is 2.35. The Morgan fingerprint density at radius 1 is 0.720 bits per heavy atom. The molecule has 1 aliphatic carbocycles. The molecule has 0 aliphatic heterocycles. The van der Waals surface area contributed by atoms with Gasteiger partial charge in [-0.15, -0.1) is 0 Å². The van der Waals surface area contributed by atoms with Crippen LogP contribution in [0.4, 0.5) is 0 Å². The molecule has 137 valence electrons. The first-order valence-corrected chi connectivity index (χ1v) is 7.84. The van der Waals surface area contributed by atoms with Gasteiger partial charge >= 0.3 is 11.9 Å². The van der Waals surface area contributed by atoms with Gasteiger partial charge in [-0.05, 0) is 61.1 Å². The topological polar surface area (TPSA) is 100 Å². The van der Waals surface area contributed by atoms with Gasteiger partial charge in [-0.1, -0.05) is 0 Å². The summed E-state index contributed by atoms with van der Waals surface area (Å²) < 4.78 is 0. The van der Waals surface area contributed by atoms with Gasteiger partial charge in [-0.2, -0.15) is 0 Å². The van der Waals surface area contributed by atoms with Crippen LogP contribution in [0.3, 0.4) is 0 Å². The number of pyridine rings is 2. The summed E-state index contributed by atoms with van der Waals surface area (Å²) in [6, 6.07) is 7.93. The van der Waals surface area contributed by atoms with E-state index in [1.165, 1.54) is 11.1 Å². The standard InChI is InChI=1S/C10H8N2.C8H12O4.Cu/c1-5-11-6-2-9(1)10-3-7-12-8-4-10;9-7(10)5-1-2-6(4-3-5)8(11)12;/h1-8H;5-6H,1-4H2,(H,9,10)(H,11,12);. The fourth-order valence-electron chi connectivity index (χ4n) is 2.68. The molecule has 7 heteroatoms. The molecule has 0 unspecified atom stereocenters. The van der Waals surface area contributed by atoms with E-state index in [1.807, 2.05) is 24.3 Å². The number of carboxylic acids is 2. The predicted octanol–water partition coefficient (Wildman–Crippen LogP) is 3.10. The zero-order chi connectivity index (χ0) is 17.4. The minimum Gasteiger partial charge on any atom is -0.481 e. The normalized spacial score (nSPS) is 18.9. The maximum atomic E-state index is 10.5. The van der Waals surface area contributed by atoms with Crippen molar-refractivity contribution in [1.29, 1.82) is 0 Å². The average molecular weight is 392 g/mol. The fraction of sp³-hybridized carbons (Fsp3) is 0.333. The Balaban J connectivity index is 0.000000240. The van der Waals surface area contributed by atoms with Crippen LogP contribution in [0, 0.1) is 11.8 Å². The van der Waals surface area contributed by atoms with Crippen LogP contribution in [0.15, 0.2) is 49.1 Å². The number of carbonyl (C=O) groups is 2. The van der Waals surface area contributed by atoms with Crippen LogP contribution < -0.4 is 0 Å². The second-order valence-electron chi connectivity index (χ2n) is 5.70. The van der Waals surface area contributed by atoms with Gasteiger partial charge in [0.2, 0.25) is 0 Å². The number of nitrogens with zero attached hydrogens (tertiary/aromatic N) is 2. The first-order chi connectivity index (χ1) is 11.6. The molecule has 0 atom stereocenters. The maximum absolute atomic E-state index is 10.5. The third-order valence-corrected chi connectivity index (χ3v) is 4.12. The van der Waals surface area contributed by atoms with Crippen molar-refractivity contribution in [2.75, 3.05) is 0 Å². The first kappa shape index (κ1) is 20.8. The molecule has 0 aromatic carbocycles. The zero-order valence-corrected chi connectivity index (χ0v) is 14.5. The van der Waals surface area contributed by atoms with Gasteiger partial charge in [0.25, 0.3) is 0 Å². The second kappa shape index (κ2) is 10.6. The van der Waals surface area contributed by atoms with Crippen LogP contribution in [0.25, 0.3) is 11.1 Å².